The summed E-state index contributed by atoms with van der Waals surface area (Å²) in [5, 5.41) is 2.58. The minimum atomic E-state index is -0.627. The second-order valence-electron chi connectivity index (χ2n) is 4.45. The number of hydrogen-bond donors (Lipinski definition) is 1. The molecular weight excluding hydrogens is 304 g/mol. The van der Waals surface area contributed by atoms with Crippen LogP contribution in [0.3, 0.4) is 0 Å². The van der Waals surface area contributed by atoms with Crippen LogP contribution in [0.1, 0.15) is 26.7 Å². The largest absolute Gasteiger partial charge is 0.493 e. The van der Waals surface area contributed by atoms with Crippen LogP contribution in [0.2, 0.25) is 0 Å². The zero-order valence-electron chi connectivity index (χ0n) is 13.1. The molecule has 8 nitrogen and oxygen atoms in total. The first kappa shape index (κ1) is 16.3. The van der Waals surface area contributed by atoms with Gasteiger partial charge in [0.05, 0.1) is 32.6 Å². The van der Waals surface area contributed by atoms with Gasteiger partial charge in [-0.2, -0.15) is 0 Å². The Hall–Kier alpha value is -3.03. The van der Waals surface area contributed by atoms with Gasteiger partial charge in [0.1, 0.15) is 6.26 Å². The zero-order valence-corrected chi connectivity index (χ0v) is 13.1. The van der Waals surface area contributed by atoms with Crippen molar-refractivity contribution in [3.05, 3.63) is 35.5 Å². The summed E-state index contributed by atoms with van der Waals surface area (Å²) in [6.07, 6.45) is 1.23. The van der Waals surface area contributed by atoms with Crippen LogP contribution in [0.4, 0.5) is 5.69 Å². The van der Waals surface area contributed by atoms with Crippen LogP contribution < -0.4 is 14.8 Å². The highest BCUT2D eigenvalue weighted by atomic mass is 16.5. The van der Waals surface area contributed by atoms with Gasteiger partial charge < -0.3 is 23.9 Å². The third kappa shape index (κ3) is 3.42. The van der Waals surface area contributed by atoms with E-state index >= 15 is 0 Å². The Morgan fingerprint density at radius 1 is 1.13 bits per heavy atom. The van der Waals surface area contributed by atoms with Crippen LogP contribution in [0.15, 0.2) is 22.8 Å². The van der Waals surface area contributed by atoms with Gasteiger partial charge in [-0.25, -0.2) is 9.78 Å². The molecule has 2 rings (SSSR count). The van der Waals surface area contributed by atoms with E-state index in [0.29, 0.717) is 17.4 Å². The minimum Gasteiger partial charge on any atom is -0.493 e. The van der Waals surface area contributed by atoms with Crippen LogP contribution in [0, 0.1) is 6.92 Å². The van der Waals surface area contributed by atoms with Gasteiger partial charge in [-0.3, -0.25) is 4.79 Å². The number of nitrogens with zero attached hydrogens (tertiary/aromatic N) is 1. The summed E-state index contributed by atoms with van der Waals surface area (Å²) >= 11 is 0. The Labute approximate surface area is 132 Å². The molecule has 23 heavy (non-hydrogen) atoms. The second kappa shape index (κ2) is 6.82. The number of rotatable bonds is 5. The van der Waals surface area contributed by atoms with Crippen molar-refractivity contribution in [2.45, 2.75) is 6.92 Å². The van der Waals surface area contributed by atoms with E-state index < -0.39 is 11.9 Å². The number of aromatic nitrogens is 1. The molecule has 1 aromatic heterocycles. The molecule has 0 aliphatic carbocycles. The first-order valence-corrected chi connectivity index (χ1v) is 6.58. The number of carbonyl (C=O) groups excluding carboxylic acids is 2. The summed E-state index contributed by atoms with van der Waals surface area (Å²) in [7, 11) is 4.13. The fourth-order valence-corrected chi connectivity index (χ4v) is 1.92. The maximum atomic E-state index is 12.2. The van der Waals surface area contributed by atoms with Gasteiger partial charge >= 0.3 is 5.97 Å². The highest BCUT2D eigenvalue weighted by molar-refractivity contribution is 6.07. The molecular formula is C15H16N2O6. The Morgan fingerprint density at radius 3 is 2.30 bits per heavy atom. The number of anilines is 1. The number of esters is 1. The molecule has 1 N–H and O–H groups in total. The quantitative estimate of drug-likeness (QED) is 0.841. The summed E-state index contributed by atoms with van der Waals surface area (Å²) < 4.78 is 20.0. The van der Waals surface area contributed by atoms with Crippen LogP contribution in [-0.2, 0) is 4.74 Å². The standard InChI is InChI=1S/C15H16N2O6/c1-8-16-11(7-23-8)14(18)17-10-6-13(21-3)12(20-2)5-9(10)15(19)22-4/h5-7H,1-4H3,(H,17,18). The van der Waals surface area contributed by atoms with E-state index in [1.807, 2.05) is 0 Å². The zero-order chi connectivity index (χ0) is 17.0. The van der Waals surface area contributed by atoms with E-state index in [4.69, 9.17) is 18.6 Å². The fraction of sp³-hybridized carbons (Fsp3) is 0.267. The van der Waals surface area contributed by atoms with Gasteiger partial charge in [-0.1, -0.05) is 0 Å². The molecule has 0 aliphatic rings. The fourth-order valence-electron chi connectivity index (χ4n) is 1.92. The molecule has 8 heteroatoms. The van der Waals surface area contributed by atoms with Gasteiger partial charge in [0.2, 0.25) is 0 Å². The van der Waals surface area contributed by atoms with Crippen LogP contribution in [0.25, 0.3) is 0 Å². The van der Waals surface area contributed by atoms with Gasteiger partial charge in [0.25, 0.3) is 5.91 Å². The van der Waals surface area contributed by atoms with Crippen molar-refractivity contribution in [2.24, 2.45) is 0 Å². The van der Waals surface area contributed by atoms with Crippen molar-refractivity contribution in [1.82, 2.24) is 4.98 Å². The van der Waals surface area contributed by atoms with Crippen LogP contribution in [0.5, 0.6) is 11.5 Å². The molecule has 1 aromatic carbocycles. The molecule has 0 fully saturated rings. The predicted molar refractivity (Wildman–Crippen MR) is 80.1 cm³/mol. The minimum absolute atomic E-state index is 0.0908. The van der Waals surface area contributed by atoms with Crippen molar-refractivity contribution in [1.29, 1.82) is 0 Å². The Balaban J connectivity index is 2.42. The number of oxazole rings is 1. The van der Waals surface area contributed by atoms with Crippen molar-refractivity contribution in [3.8, 4) is 11.5 Å². The summed E-state index contributed by atoms with van der Waals surface area (Å²) in [5.41, 5.74) is 0.423. The topological polar surface area (TPSA) is 99.9 Å². The lowest BCUT2D eigenvalue weighted by atomic mass is 10.1. The second-order valence-corrected chi connectivity index (χ2v) is 4.45. The number of ether oxygens (including phenoxy) is 3. The van der Waals surface area contributed by atoms with Gasteiger partial charge in [-0.05, 0) is 0 Å². The molecule has 1 amide bonds. The summed E-state index contributed by atoms with van der Waals surface area (Å²) in [6, 6.07) is 2.89. The number of methoxy groups -OCH3 is 3. The summed E-state index contributed by atoms with van der Waals surface area (Å²) in [4.78, 5) is 28.0. The van der Waals surface area contributed by atoms with E-state index in [0.717, 1.165) is 0 Å². The van der Waals surface area contributed by atoms with E-state index in [1.165, 1.54) is 39.7 Å². The highest BCUT2D eigenvalue weighted by Gasteiger charge is 2.20. The lowest BCUT2D eigenvalue weighted by Crippen LogP contribution is -2.16. The molecule has 0 spiro atoms. The monoisotopic (exact) mass is 320 g/mol. The van der Waals surface area contributed by atoms with Crippen molar-refractivity contribution < 1.29 is 28.2 Å². The third-order valence-corrected chi connectivity index (χ3v) is 3.03. The average molecular weight is 320 g/mol. The molecule has 2 aromatic rings. The van der Waals surface area contributed by atoms with Crippen molar-refractivity contribution in [3.63, 3.8) is 0 Å². The van der Waals surface area contributed by atoms with Crippen molar-refractivity contribution in [2.75, 3.05) is 26.6 Å². The highest BCUT2D eigenvalue weighted by Crippen LogP contribution is 2.34. The average Bonchev–Trinajstić information content (AvgIpc) is 3.00. The molecule has 122 valence electrons. The number of amides is 1. The van der Waals surface area contributed by atoms with Gasteiger partial charge in [0, 0.05) is 19.1 Å². The summed E-state index contributed by atoms with van der Waals surface area (Å²) in [6.45, 7) is 1.62. The normalized spacial score (nSPS) is 10.1. The van der Waals surface area contributed by atoms with E-state index in [1.54, 1.807) is 6.92 Å². The Kier molecular flexibility index (Phi) is 4.85. The Morgan fingerprint density at radius 2 is 1.78 bits per heavy atom. The maximum absolute atomic E-state index is 12.2. The molecule has 0 aliphatic heterocycles. The van der Waals surface area contributed by atoms with E-state index in [2.05, 4.69) is 10.3 Å². The first-order valence-electron chi connectivity index (χ1n) is 6.58. The predicted octanol–water partition coefficient (Wildman–Crippen LogP) is 2.04. The SMILES string of the molecule is COC(=O)c1cc(OC)c(OC)cc1NC(=O)c1coc(C)n1. The van der Waals surface area contributed by atoms with Crippen LogP contribution >= 0.6 is 0 Å². The first-order chi connectivity index (χ1) is 11.0. The van der Waals surface area contributed by atoms with Crippen molar-refractivity contribution >= 4 is 17.6 Å². The smallest absolute Gasteiger partial charge is 0.340 e. The Bertz CT molecular complexity index is 738. The molecule has 0 radical (unpaired) electrons. The van der Waals surface area contributed by atoms with E-state index in [9.17, 15) is 9.59 Å². The summed E-state index contributed by atoms with van der Waals surface area (Å²) in [5.74, 6) is -0.109. The van der Waals surface area contributed by atoms with Crippen LogP contribution in [-0.4, -0.2) is 38.2 Å². The number of carbonyl (C=O) groups is 2. The molecule has 0 atom stereocenters. The molecule has 0 unspecified atom stereocenters. The van der Waals surface area contributed by atoms with Gasteiger partial charge in [0.15, 0.2) is 23.1 Å². The maximum Gasteiger partial charge on any atom is 0.340 e. The third-order valence-electron chi connectivity index (χ3n) is 3.03. The van der Waals surface area contributed by atoms with E-state index in [-0.39, 0.29) is 16.9 Å². The molecule has 1 heterocycles. The van der Waals surface area contributed by atoms with Gasteiger partial charge in [-0.15, -0.1) is 0 Å². The lowest BCUT2D eigenvalue weighted by molar-refractivity contribution is 0.0601. The molecule has 0 saturated carbocycles. The number of nitrogens with one attached hydrogen (secondary N) is 1. The number of hydrogen-bond acceptors (Lipinski definition) is 7. The molecule has 0 bridgehead atoms. The number of aryl methyl sites for hydroxylation is 1. The number of benzene rings is 1. The molecule has 0 saturated heterocycles. The lowest BCUT2D eigenvalue weighted by Gasteiger charge is -2.14.